The van der Waals surface area contributed by atoms with Gasteiger partial charge in [-0.1, -0.05) is 43.7 Å². The number of thiazole rings is 1. The lowest BCUT2D eigenvalue weighted by atomic mass is 9.97. The monoisotopic (exact) mass is 299 g/mol. The molecule has 0 N–H and O–H groups in total. The van der Waals surface area contributed by atoms with Gasteiger partial charge in [0.25, 0.3) is 0 Å². The molecule has 3 heteroatoms. The molecule has 0 radical (unpaired) electrons. The Morgan fingerprint density at radius 1 is 1.29 bits per heavy atom. The van der Waals surface area contributed by atoms with Crippen LogP contribution in [0, 0.1) is 11.8 Å². The summed E-state index contributed by atoms with van der Waals surface area (Å²) >= 11 is 1.61. The number of aromatic nitrogens is 1. The van der Waals surface area contributed by atoms with Crippen LogP contribution in [0.15, 0.2) is 35.7 Å². The second-order valence-corrected chi connectivity index (χ2v) is 6.86. The second kappa shape index (κ2) is 6.52. The quantitative estimate of drug-likeness (QED) is 0.797. The number of benzene rings is 1. The Kier molecular flexibility index (Phi) is 4.49. The number of carbonyl (C=O) groups is 1. The minimum atomic E-state index is 0.277. The number of rotatable bonds is 5. The molecule has 0 bridgehead atoms. The predicted molar refractivity (Wildman–Crippen MR) is 87.4 cm³/mol. The molecule has 2 unspecified atom stereocenters. The number of hydrogen-bond acceptors (Lipinski definition) is 3. The minimum absolute atomic E-state index is 0.277. The van der Waals surface area contributed by atoms with Gasteiger partial charge in [-0.25, -0.2) is 4.98 Å². The Hall–Kier alpha value is -1.48. The van der Waals surface area contributed by atoms with Crippen molar-refractivity contribution in [2.75, 3.05) is 0 Å². The van der Waals surface area contributed by atoms with Gasteiger partial charge in [0.1, 0.15) is 10.8 Å². The van der Waals surface area contributed by atoms with Crippen LogP contribution >= 0.6 is 11.3 Å². The van der Waals surface area contributed by atoms with Crippen molar-refractivity contribution in [2.45, 2.75) is 39.0 Å². The van der Waals surface area contributed by atoms with Crippen LogP contribution in [0.25, 0.3) is 11.3 Å². The molecule has 2 atom stereocenters. The average Bonchev–Trinajstić information content (AvgIpc) is 3.17. The first-order valence-corrected chi connectivity index (χ1v) is 8.66. The fourth-order valence-electron chi connectivity index (χ4n) is 3.17. The van der Waals surface area contributed by atoms with Crippen molar-refractivity contribution in [1.82, 2.24) is 4.98 Å². The van der Waals surface area contributed by atoms with Crippen molar-refractivity contribution < 1.29 is 4.79 Å². The van der Waals surface area contributed by atoms with E-state index in [0.717, 1.165) is 35.0 Å². The van der Waals surface area contributed by atoms with Gasteiger partial charge in [-0.15, -0.1) is 11.3 Å². The number of nitrogens with zero attached hydrogens (tertiary/aromatic N) is 1. The fourth-order valence-corrected chi connectivity index (χ4v) is 3.98. The zero-order valence-electron chi connectivity index (χ0n) is 12.4. The maximum atomic E-state index is 12.4. The van der Waals surface area contributed by atoms with Gasteiger partial charge in [-0.2, -0.15) is 0 Å². The van der Waals surface area contributed by atoms with Gasteiger partial charge in [0.05, 0.1) is 12.1 Å². The van der Waals surface area contributed by atoms with Crippen LogP contribution in [0.5, 0.6) is 0 Å². The molecule has 2 aromatic rings. The summed E-state index contributed by atoms with van der Waals surface area (Å²) in [7, 11) is 0. The van der Waals surface area contributed by atoms with Gasteiger partial charge in [-0.05, 0) is 25.2 Å². The van der Waals surface area contributed by atoms with Crippen LogP contribution in [-0.2, 0) is 11.2 Å². The normalized spacial score (nSPS) is 21.6. The lowest BCUT2D eigenvalue weighted by Gasteiger charge is -2.07. The molecular formula is C18H21NOS. The molecule has 0 amide bonds. The van der Waals surface area contributed by atoms with Gasteiger partial charge >= 0.3 is 0 Å². The summed E-state index contributed by atoms with van der Waals surface area (Å²) in [5, 5.41) is 3.01. The summed E-state index contributed by atoms with van der Waals surface area (Å²) in [5.74, 6) is 1.43. The Balaban J connectivity index is 1.64. The van der Waals surface area contributed by atoms with Crippen molar-refractivity contribution in [3.05, 3.63) is 40.7 Å². The first-order chi connectivity index (χ1) is 10.3. The van der Waals surface area contributed by atoms with Gasteiger partial charge in [0.2, 0.25) is 0 Å². The molecule has 3 rings (SSSR count). The van der Waals surface area contributed by atoms with E-state index >= 15 is 0 Å². The summed E-state index contributed by atoms with van der Waals surface area (Å²) < 4.78 is 0. The molecule has 1 fully saturated rings. The van der Waals surface area contributed by atoms with Gasteiger partial charge in [0.15, 0.2) is 0 Å². The topological polar surface area (TPSA) is 30.0 Å². The molecule has 0 saturated heterocycles. The van der Waals surface area contributed by atoms with Crippen LogP contribution in [0.4, 0.5) is 0 Å². The van der Waals surface area contributed by atoms with Crippen molar-refractivity contribution >= 4 is 17.1 Å². The van der Waals surface area contributed by atoms with Crippen molar-refractivity contribution in [3.8, 4) is 11.3 Å². The van der Waals surface area contributed by atoms with Crippen LogP contribution in [-0.4, -0.2) is 10.8 Å². The molecular weight excluding hydrogens is 278 g/mol. The molecule has 1 heterocycles. The fraction of sp³-hybridized carbons (Fsp3) is 0.444. The van der Waals surface area contributed by atoms with Crippen molar-refractivity contribution in [3.63, 3.8) is 0 Å². The summed E-state index contributed by atoms with van der Waals surface area (Å²) in [4.78, 5) is 17.0. The molecule has 110 valence electrons. The molecule has 1 saturated carbocycles. The van der Waals surface area contributed by atoms with Crippen LogP contribution in [0.3, 0.4) is 0 Å². The smallest absolute Gasteiger partial charge is 0.142 e. The molecule has 1 aromatic heterocycles. The van der Waals surface area contributed by atoms with Gasteiger partial charge < -0.3 is 0 Å². The van der Waals surface area contributed by atoms with E-state index in [1.165, 1.54) is 12.8 Å². The molecule has 1 aliphatic rings. The van der Waals surface area contributed by atoms with E-state index in [4.69, 9.17) is 0 Å². The maximum Gasteiger partial charge on any atom is 0.142 e. The Labute approximate surface area is 130 Å². The summed E-state index contributed by atoms with van der Waals surface area (Å²) in [6.07, 6.45) is 5.11. The highest BCUT2D eigenvalue weighted by atomic mass is 32.1. The maximum absolute atomic E-state index is 12.4. The Bertz CT molecular complexity index is 605. The van der Waals surface area contributed by atoms with Crippen LogP contribution < -0.4 is 0 Å². The van der Waals surface area contributed by atoms with E-state index in [2.05, 4.69) is 29.4 Å². The highest BCUT2D eigenvalue weighted by molar-refractivity contribution is 7.10. The number of hydrogen-bond donors (Lipinski definition) is 0. The van der Waals surface area contributed by atoms with E-state index in [0.29, 0.717) is 12.2 Å². The summed E-state index contributed by atoms with van der Waals surface area (Å²) in [5.41, 5.74) is 2.11. The number of carbonyl (C=O) groups excluding carboxylic acids is 1. The lowest BCUT2D eigenvalue weighted by Crippen LogP contribution is -2.14. The Morgan fingerprint density at radius 2 is 2.10 bits per heavy atom. The second-order valence-electron chi connectivity index (χ2n) is 5.92. The third-order valence-corrected chi connectivity index (χ3v) is 5.37. The number of ketones is 1. The van der Waals surface area contributed by atoms with E-state index in [1.807, 2.05) is 18.2 Å². The van der Waals surface area contributed by atoms with Crippen molar-refractivity contribution in [2.24, 2.45) is 11.8 Å². The molecule has 1 aliphatic carbocycles. The van der Waals surface area contributed by atoms with Gasteiger partial charge in [0, 0.05) is 16.9 Å². The highest BCUT2D eigenvalue weighted by Gasteiger charge is 2.29. The zero-order valence-corrected chi connectivity index (χ0v) is 13.2. The predicted octanol–water partition coefficient (Wildman–Crippen LogP) is 4.75. The van der Waals surface area contributed by atoms with E-state index in [9.17, 15) is 4.79 Å². The van der Waals surface area contributed by atoms with Crippen molar-refractivity contribution in [1.29, 1.82) is 0 Å². The molecule has 0 spiro atoms. The molecule has 1 aromatic carbocycles. The lowest BCUT2D eigenvalue weighted by molar-refractivity contribution is -0.122. The molecule has 21 heavy (non-hydrogen) atoms. The summed E-state index contributed by atoms with van der Waals surface area (Å²) in [6, 6.07) is 10.2. The van der Waals surface area contributed by atoms with Crippen LogP contribution in [0.2, 0.25) is 0 Å². The molecule has 0 aliphatic heterocycles. The Morgan fingerprint density at radius 3 is 2.81 bits per heavy atom. The number of Topliss-reactive ketones (excluding diaryl/α,β-unsaturated/α-hetero) is 1. The first kappa shape index (κ1) is 14.5. The summed E-state index contributed by atoms with van der Waals surface area (Å²) in [6.45, 7) is 2.23. The average molecular weight is 299 g/mol. The minimum Gasteiger partial charge on any atom is -0.299 e. The van der Waals surface area contributed by atoms with Crippen LogP contribution in [0.1, 0.15) is 37.6 Å². The third-order valence-electron chi connectivity index (χ3n) is 4.52. The standard InChI is InChI=1S/C18H21NOS/c1-2-13-8-9-15(10-13)17(20)11-18-19-16(12-21-18)14-6-4-3-5-7-14/h3-7,12-13,15H,2,8-11H2,1H3. The van der Waals surface area contributed by atoms with E-state index in [1.54, 1.807) is 11.3 Å². The van der Waals surface area contributed by atoms with E-state index < -0.39 is 0 Å². The zero-order chi connectivity index (χ0) is 14.7. The largest absolute Gasteiger partial charge is 0.299 e. The van der Waals surface area contributed by atoms with Gasteiger partial charge in [-0.3, -0.25) is 4.79 Å². The molecule has 2 nitrogen and oxygen atoms in total. The third kappa shape index (κ3) is 3.41. The highest BCUT2D eigenvalue weighted by Crippen LogP contribution is 2.34. The van der Waals surface area contributed by atoms with E-state index in [-0.39, 0.29) is 5.92 Å². The SMILES string of the molecule is CCC1CCC(C(=O)Cc2nc(-c3ccccc3)cs2)C1. The first-order valence-electron chi connectivity index (χ1n) is 7.78.